The molecule has 0 aliphatic rings. The van der Waals surface area contributed by atoms with Gasteiger partial charge in [-0.2, -0.15) is 5.26 Å². The molecule has 0 heterocycles. The maximum Gasteiger partial charge on any atom is 0.239 e. The van der Waals surface area contributed by atoms with Gasteiger partial charge in [-0.05, 0) is 24.1 Å². The number of carbonyl (C=O) groups excluding carboxylic acids is 1. The first kappa shape index (κ1) is 15.0. The van der Waals surface area contributed by atoms with Crippen LogP contribution in [0.1, 0.15) is 19.4 Å². The maximum absolute atomic E-state index is 13.0. The molecule has 19 heavy (non-hydrogen) atoms. The minimum atomic E-state index is -0.460. The number of hydrogen-bond acceptors (Lipinski definition) is 3. The molecule has 0 saturated carbocycles. The van der Waals surface area contributed by atoms with Gasteiger partial charge < -0.3 is 10.2 Å². The Balaban J connectivity index is 2.71. The van der Waals surface area contributed by atoms with Gasteiger partial charge in [0.2, 0.25) is 5.91 Å². The molecule has 1 rings (SSSR count). The van der Waals surface area contributed by atoms with Gasteiger partial charge in [0.1, 0.15) is 11.9 Å². The largest absolute Gasteiger partial charge is 0.364 e. The van der Waals surface area contributed by atoms with Gasteiger partial charge in [0.15, 0.2) is 0 Å². The van der Waals surface area contributed by atoms with Gasteiger partial charge in [0.05, 0.1) is 17.8 Å². The summed E-state index contributed by atoms with van der Waals surface area (Å²) in [5.74, 6) is -0.197. The number of rotatable bonds is 5. The van der Waals surface area contributed by atoms with Crippen LogP contribution < -0.4 is 10.2 Å². The lowest BCUT2D eigenvalue weighted by Gasteiger charge is -2.20. The Morgan fingerprint density at radius 1 is 1.53 bits per heavy atom. The highest BCUT2D eigenvalue weighted by molar-refractivity contribution is 5.81. The summed E-state index contributed by atoms with van der Waals surface area (Å²) in [6, 6.07) is 5.87. The van der Waals surface area contributed by atoms with E-state index in [4.69, 9.17) is 5.26 Å². The zero-order chi connectivity index (χ0) is 14.4. The summed E-state index contributed by atoms with van der Waals surface area (Å²) in [4.78, 5) is 13.3. The van der Waals surface area contributed by atoms with E-state index in [-0.39, 0.29) is 18.0 Å². The standard InChI is InChI=1S/C14H18FN3O/c1-10(2)8-17-14(19)9-18(3)13-5-4-12(15)6-11(13)7-16/h4-6,10H,8-9H2,1-3H3,(H,17,19). The third-order valence-corrected chi connectivity index (χ3v) is 2.58. The SMILES string of the molecule is CC(C)CNC(=O)CN(C)c1ccc(F)cc1C#N. The number of likely N-dealkylation sites (N-methyl/N-ethyl adjacent to an activating group) is 1. The monoisotopic (exact) mass is 263 g/mol. The van der Waals surface area contributed by atoms with Gasteiger partial charge in [-0.25, -0.2) is 4.39 Å². The first-order valence-corrected chi connectivity index (χ1v) is 6.11. The predicted molar refractivity (Wildman–Crippen MR) is 72.2 cm³/mol. The van der Waals surface area contributed by atoms with E-state index < -0.39 is 5.82 Å². The smallest absolute Gasteiger partial charge is 0.239 e. The summed E-state index contributed by atoms with van der Waals surface area (Å²) in [6.07, 6.45) is 0. The van der Waals surface area contributed by atoms with Crippen LogP contribution in [-0.4, -0.2) is 26.0 Å². The van der Waals surface area contributed by atoms with Crippen LogP contribution >= 0.6 is 0 Å². The van der Waals surface area contributed by atoms with Crippen molar-refractivity contribution < 1.29 is 9.18 Å². The van der Waals surface area contributed by atoms with E-state index in [0.29, 0.717) is 18.2 Å². The molecule has 1 amide bonds. The lowest BCUT2D eigenvalue weighted by atomic mass is 10.1. The van der Waals surface area contributed by atoms with Crippen molar-refractivity contribution in [2.75, 3.05) is 25.0 Å². The molecule has 0 aromatic heterocycles. The summed E-state index contributed by atoms with van der Waals surface area (Å²) < 4.78 is 13.0. The second-order valence-corrected chi connectivity index (χ2v) is 4.83. The summed E-state index contributed by atoms with van der Waals surface area (Å²) in [5, 5.41) is 11.8. The first-order valence-electron chi connectivity index (χ1n) is 6.11. The molecule has 0 bridgehead atoms. The molecule has 102 valence electrons. The minimum Gasteiger partial charge on any atom is -0.364 e. The van der Waals surface area contributed by atoms with Crippen LogP contribution in [0.15, 0.2) is 18.2 Å². The number of nitrogens with zero attached hydrogens (tertiary/aromatic N) is 2. The number of hydrogen-bond donors (Lipinski definition) is 1. The molecule has 1 N–H and O–H groups in total. The van der Waals surface area contributed by atoms with Crippen molar-refractivity contribution in [2.24, 2.45) is 5.92 Å². The molecule has 0 radical (unpaired) electrons. The van der Waals surface area contributed by atoms with E-state index in [9.17, 15) is 9.18 Å². The Labute approximate surface area is 112 Å². The zero-order valence-electron chi connectivity index (χ0n) is 11.4. The summed E-state index contributed by atoms with van der Waals surface area (Å²) >= 11 is 0. The second kappa shape index (κ2) is 6.74. The number of nitriles is 1. The fourth-order valence-corrected chi connectivity index (χ4v) is 1.61. The van der Waals surface area contributed by atoms with Gasteiger partial charge in [-0.1, -0.05) is 13.8 Å². The highest BCUT2D eigenvalue weighted by Gasteiger charge is 2.12. The number of anilines is 1. The molecule has 5 heteroatoms. The van der Waals surface area contributed by atoms with Crippen molar-refractivity contribution in [3.05, 3.63) is 29.6 Å². The lowest BCUT2D eigenvalue weighted by Crippen LogP contribution is -2.37. The van der Waals surface area contributed by atoms with E-state index in [1.807, 2.05) is 19.9 Å². The molecule has 0 unspecified atom stereocenters. The van der Waals surface area contributed by atoms with E-state index in [0.717, 1.165) is 6.07 Å². The molecule has 0 fully saturated rings. The van der Waals surface area contributed by atoms with Crippen LogP contribution in [0.25, 0.3) is 0 Å². The van der Waals surface area contributed by atoms with Crippen LogP contribution in [-0.2, 0) is 4.79 Å². The quantitative estimate of drug-likeness (QED) is 0.882. The van der Waals surface area contributed by atoms with Gasteiger partial charge in [-0.15, -0.1) is 0 Å². The third-order valence-electron chi connectivity index (χ3n) is 2.58. The first-order chi connectivity index (χ1) is 8.93. The topological polar surface area (TPSA) is 56.1 Å². The Bertz CT molecular complexity index is 494. The molecule has 4 nitrogen and oxygen atoms in total. The molecular weight excluding hydrogens is 245 g/mol. The number of carbonyl (C=O) groups is 1. The van der Waals surface area contributed by atoms with Gasteiger partial charge in [0.25, 0.3) is 0 Å². The van der Waals surface area contributed by atoms with E-state index in [1.54, 1.807) is 11.9 Å². The van der Waals surface area contributed by atoms with E-state index >= 15 is 0 Å². The fraction of sp³-hybridized carbons (Fsp3) is 0.429. The average molecular weight is 263 g/mol. The normalized spacial score (nSPS) is 10.1. The summed E-state index contributed by atoms with van der Waals surface area (Å²) in [7, 11) is 1.70. The molecule has 0 atom stereocenters. The Morgan fingerprint density at radius 3 is 2.79 bits per heavy atom. The summed E-state index contributed by atoms with van der Waals surface area (Å²) in [5.41, 5.74) is 0.766. The molecule has 0 saturated heterocycles. The minimum absolute atomic E-state index is 0.121. The third kappa shape index (κ3) is 4.59. The number of benzene rings is 1. The molecule has 1 aromatic rings. The number of nitrogens with one attached hydrogen (secondary N) is 1. The van der Waals surface area contributed by atoms with Crippen LogP contribution in [0.3, 0.4) is 0 Å². The predicted octanol–water partition coefficient (Wildman–Crippen LogP) is 1.91. The zero-order valence-corrected chi connectivity index (χ0v) is 11.4. The molecule has 0 spiro atoms. The maximum atomic E-state index is 13.0. The fourth-order valence-electron chi connectivity index (χ4n) is 1.61. The second-order valence-electron chi connectivity index (χ2n) is 4.83. The molecular formula is C14H18FN3O. The van der Waals surface area contributed by atoms with Crippen LogP contribution in [0.2, 0.25) is 0 Å². The van der Waals surface area contributed by atoms with Crippen molar-refractivity contribution >= 4 is 11.6 Å². The van der Waals surface area contributed by atoms with Gasteiger partial charge >= 0.3 is 0 Å². The Hall–Kier alpha value is -2.09. The van der Waals surface area contributed by atoms with Gasteiger partial charge in [-0.3, -0.25) is 4.79 Å². The van der Waals surface area contributed by atoms with Crippen LogP contribution in [0.4, 0.5) is 10.1 Å². The Morgan fingerprint density at radius 2 is 2.21 bits per heavy atom. The van der Waals surface area contributed by atoms with Crippen LogP contribution in [0.5, 0.6) is 0 Å². The van der Waals surface area contributed by atoms with Crippen molar-refractivity contribution in [3.63, 3.8) is 0 Å². The highest BCUT2D eigenvalue weighted by atomic mass is 19.1. The van der Waals surface area contributed by atoms with Crippen LogP contribution in [0, 0.1) is 23.1 Å². The number of halogens is 1. The van der Waals surface area contributed by atoms with E-state index in [1.165, 1.54) is 12.1 Å². The van der Waals surface area contributed by atoms with Crippen molar-refractivity contribution in [1.29, 1.82) is 5.26 Å². The summed E-state index contributed by atoms with van der Waals surface area (Å²) in [6.45, 7) is 4.77. The molecule has 0 aliphatic heterocycles. The van der Waals surface area contributed by atoms with Crippen molar-refractivity contribution in [3.8, 4) is 6.07 Å². The Kier molecular flexibility index (Phi) is 5.31. The van der Waals surface area contributed by atoms with Gasteiger partial charge in [0, 0.05) is 13.6 Å². The van der Waals surface area contributed by atoms with E-state index in [2.05, 4.69) is 5.32 Å². The van der Waals surface area contributed by atoms with Crippen molar-refractivity contribution in [1.82, 2.24) is 5.32 Å². The van der Waals surface area contributed by atoms with Crippen molar-refractivity contribution in [2.45, 2.75) is 13.8 Å². The number of amides is 1. The lowest BCUT2D eigenvalue weighted by molar-refractivity contribution is -0.119. The molecule has 1 aromatic carbocycles. The highest BCUT2D eigenvalue weighted by Crippen LogP contribution is 2.19. The average Bonchev–Trinajstić information content (AvgIpc) is 2.35. The molecule has 0 aliphatic carbocycles.